The highest BCUT2D eigenvalue weighted by Crippen LogP contribution is 2.54. The highest BCUT2D eigenvalue weighted by atomic mass is 16.5. The molecule has 3 aliphatic heterocycles. The summed E-state index contributed by atoms with van der Waals surface area (Å²) in [6, 6.07) is 17.4. The van der Waals surface area contributed by atoms with Gasteiger partial charge in [0.15, 0.2) is 5.75 Å². The predicted molar refractivity (Wildman–Crippen MR) is 139 cm³/mol. The number of methoxy groups -OCH3 is 1. The van der Waals surface area contributed by atoms with Crippen molar-refractivity contribution in [1.82, 2.24) is 4.90 Å². The molecule has 1 spiro atoms. The van der Waals surface area contributed by atoms with Crippen molar-refractivity contribution in [3.8, 4) is 11.5 Å². The number of rotatable bonds is 3. The maximum atomic E-state index is 7.18. The number of anilines is 2. The van der Waals surface area contributed by atoms with E-state index in [2.05, 4.69) is 78.5 Å². The summed E-state index contributed by atoms with van der Waals surface area (Å²) in [7, 11) is 3.94. The van der Waals surface area contributed by atoms with Gasteiger partial charge in [0.1, 0.15) is 5.75 Å². The Kier molecular flexibility index (Phi) is 4.96. The van der Waals surface area contributed by atoms with E-state index in [1.165, 1.54) is 46.8 Å². The van der Waals surface area contributed by atoms with Crippen molar-refractivity contribution in [3.05, 3.63) is 59.7 Å². The molecule has 0 amide bonds. The second kappa shape index (κ2) is 7.81. The third-order valence-electron chi connectivity index (χ3n) is 8.26. The number of nitrogens with one attached hydrogen (secondary N) is 1. The summed E-state index contributed by atoms with van der Waals surface area (Å²) in [5.74, 6) is 1.91. The van der Waals surface area contributed by atoms with Crippen molar-refractivity contribution in [2.45, 2.75) is 50.8 Å². The molecular weight excluding hydrogens is 422 g/mol. The summed E-state index contributed by atoms with van der Waals surface area (Å²) < 4.78 is 12.7. The Morgan fingerprint density at radius 3 is 2.62 bits per heavy atom. The normalized spacial score (nSPS) is 23.4. The first-order valence-electron chi connectivity index (χ1n) is 12.6. The van der Waals surface area contributed by atoms with Crippen LogP contribution in [0.5, 0.6) is 11.5 Å². The van der Waals surface area contributed by atoms with Crippen molar-refractivity contribution in [2.24, 2.45) is 0 Å². The van der Waals surface area contributed by atoms with Gasteiger partial charge < -0.3 is 19.7 Å². The first-order chi connectivity index (χ1) is 16.4. The minimum Gasteiger partial charge on any atom is -0.497 e. The van der Waals surface area contributed by atoms with Crippen LogP contribution < -0.4 is 19.7 Å². The van der Waals surface area contributed by atoms with Crippen molar-refractivity contribution < 1.29 is 9.47 Å². The van der Waals surface area contributed by atoms with Crippen LogP contribution in [0.25, 0.3) is 10.8 Å². The Bertz CT molecular complexity index is 1250. The highest BCUT2D eigenvalue weighted by molar-refractivity contribution is 5.99. The molecule has 6 rings (SSSR count). The molecule has 5 nitrogen and oxygen atoms in total. The molecule has 0 saturated carbocycles. The summed E-state index contributed by atoms with van der Waals surface area (Å²) in [4.78, 5) is 4.99. The van der Waals surface area contributed by atoms with Crippen LogP contribution in [0.2, 0.25) is 0 Å². The number of benzene rings is 3. The number of fused-ring (bicyclic) bond motifs is 4. The Labute approximate surface area is 202 Å². The molecular formula is C29H35N3O2. The number of hydrogen-bond donors (Lipinski definition) is 1. The van der Waals surface area contributed by atoms with Gasteiger partial charge >= 0.3 is 0 Å². The van der Waals surface area contributed by atoms with Gasteiger partial charge in [-0.25, -0.2) is 0 Å². The largest absolute Gasteiger partial charge is 0.497 e. The van der Waals surface area contributed by atoms with Crippen molar-refractivity contribution >= 4 is 22.1 Å². The highest BCUT2D eigenvalue weighted by Gasteiger charge is 2.57. The number of ether oxygens (including phenoxy) is 2. The number of hydrogen-bond acceptors (Lipinski definition) is 5. The van der Waals surface area contributed by atoms with Gasteiger partial charge in [0, 0.05) is 30.2 Å². The van der Waals surface area contributed by atoms with Crippen molar-refractivity contribution in [3.63, 3.8) is 0 Å². The molecule has 34 heavy (non-hydrogen) atoms. The van der Waals surface area contributed by atoms with Crippen molar-refractivity contribution in [2.75, 3.05) is 44.0 Å². The van der Waals surface area contributed by atoms with E-state index < -0.39 is 5.72 Å². The van der Waals surface area contributed by atoms with E-state index in [4.69, 9.17) is 9.47 Å². The summed E-state index contributed by atoms with van der Waals surface area (Å²) in [6.07, 6.45) is 3.91. The van der Waals surface area contributed by atoms with Gasteiger partial charge in [0.2, 0.25) is 5.72 Å². The van der Waals surface area contributed by atoms with E-state index in [0.29, 0.717) is 0 Å². The second-order valence-electron chi connectivity index (χ2n) is 10.7. The average Bonchev–Trinajstić information content (AvgIpc) is 3.04. The van der Waals surface area contributed by atoms with Gasteiger partial charge in [-0.05, 0) is 75.0 Å². The zero-order chi connectivity index (χ0) is 23.5. The van der Waals surface area contributed by atoms with E-state index >= 15 is 0 Å². The smallest absolute Gasteiger partial charge is 0.207 e. The Hall–Kier alpha value is -2.92. The Balaban J connectivity index is 1.48. The summed E-state index contributed by atoms with van der Waals surface area (Å²) >= 11 is 0. The number of nitrogens with zero attached hydrogens (tertiary/aromatic N) is 2. The molecule has 3 aliphatic rings. The van der Waals surface area contributed by atoms with Gasteiger partial charge in [-0.15, -0.1) is 0 Å². The first-order valence-corrected chi connectivity index (χ1v) is 12.6. The van der Waals surface area contributed by atoms with Crippen LogP contribution in [-0.4, -0.2) is 44.4 Å². The van der Waals surface area contributed by atoms with E-state index in [-0.39, 0.29) is 5.41 Å². The minimum absolute atomic E-state index is 0.253. The lowest BCUT2D eigenvalue weighted by Gasteiger charge is -2.49. The van der Waals surface area contributed by atoms with E-state index in [1.807, 2.05) is 6.07 Å². The molecule has 5 heteroatoms. The zero-order valence-corrected chi connectivity index (χ0v) is 20.8. The van der Waals surface area contributed by atoms with Crippen LogP contribution in [0.1, 0.15) is 44.2 Å². The molecule has 0 aromatic heterocycles. The van der Waals surface area contributed by atoms with Gasteiger partial charge in [-0.1, -0.05) is 30.7 Å². The predicted octanol–water partition coefficient (Wildman–Crippen LogP) is 5.76. The van der Waals surface area contributed by atoms with E-state index in [9.17, 15) is 0 Å². The molecule has 1 fully saturated rings. The molecule has 3 heterocycles. The fourth-order valence-corrected chi connectivity index (χ4v) is 6.21. The fraction of sp³-hybridized carbons (Fsp3) is 0.448. The van der Waals surface area contributed by atoms with Crippen LogP contribution >= 0.6 is 0 Å². The molecule has 1 N–H and O–H groups in total. The van der Waals surface area contributed by atoms with Crippen LogP contribution in [0.3, 0.4) is 0 Å². The molecule has 178 valence electrons. The lowest BCUT2D eigenvalue weighted by atomic mass is 9.76. The van der Waals surface area contributed by atoms with E-state index in [1.54, 1.807) is 7.11 Å². The van der Waals surface area contributed by atoms with Gasteiger partial charge in [-0.3, -0.25) is 4.90 Å². The van der Waals surface area contributed by atoms with Gasteiger partial charge in [0.05, 0.1) is 24.8 Å². The minimum atomic E-state index is -0.567. The Morgan fingerprint density at radius 2 is 1.82 bits per heavy atom. The summed E-state index contributed by atoms with van der Waals surface area (Å²) in [5, 5.41) is 6.35. The lowest BCUT2D eigenvalue weighted by molar-refractivity contribution is 0.0348. The molecule has 1 atom stereocenters. The third-order valence-corrected chi connectivity index (χ3v) is 8.26. The number of likely N-dealkylation sites (tertiary alicyclic amines) is 1. The second-order valence-corrected chi connectivity index (χ2v) is 10.7. The third kappa shape index (κ3) is 3.17. The number of piperidine rings is 1. The molecule has 1 unspecified atom stereocenters. The van der Waals surface area contributed by atoms with Crippen LogP contribution in [-0.2, 0) is 12.0 Å². The average molecular weight is 458 g/mol. The topological polar surface area (TPSA) is 37.0 Å². The molecule has 0 bridgehead atoms. The maximum Gasteiger partial charge on any atom is 0.207 e. The molecule has 3 aromatic carbocycles. The molecule has 0 aliphatic carbocycles. The monoisotopic (exact) mass is 457 g/mol. The quantitative estimate of drug-likeness (QED) is 0.541. The first kappa shape index (κ1) is 21.6. The number of likely N-dealkylation sites (N-methyl/N-ethyl adjacent to an activating group) is 1. The standard InChI is InChI=1S/C29H35N3O2/c1-28(2)24-17-22(33-4)12-13-25(24)30-29(28)19-31(3)26-23-11-7-6-10-20(23)16-21(27(26)34-29)18-32-14-8-5-9-15-32/h6-7,10-13,16-17,30H,5,8-9,14-15,18-19H2,1-4H3. The van der Waals surface area contributed by atoms with Crippen molar-refractivity contribution in [1.29, 1.82) is 0 Å². The maximum absolute atomic E-state index is 7.18. The van der Waals surface area contributed by atoms with Gasteiger partial charge in [0.25, 0.3) is 0 Å². The lowest BCUT2D eigenvalue weighted by Crippen LogP contribution is -2.62. The molecule has 1 saturated heterocycles. The van der Waals surface area contributed by atoms with Crippen LogP contribution in [0.4, 0.5) is 11.4 Å². The summed E-state index contributed by atoms with van der Waals surface area (Å²) in [6.45, 7) is 8.58. The van der Waals surface area contributed by atoms with Gasteiger partial charge in [-0.2, -0.15) is 0 Å². The van der Waals surface area contributed by atoms with Crippen LogP contribution in [0.15, 0.2) is 48.5 Å². The van der Waals surface area contributed by atoms with Crippen LogP contribution in [0, 0.1) is 0 Å². The Morgan fingerprint density at radius 1 is 1.03 bits per heavy atom. The SMILES string of the molecule is COc1ccc2c(c1)C(C)(C)C1(CN(C)c3c(c(CN4CCCCC4)cc4ccccc34)O1)N2. The molecule has 3 aromatic rings. The summed E-state index contributed by atoms with van der Waals surface area (Å²) in [5.41, 5.74) is 4.04. The fourth-order valence-electron chi connectivity index (χ4n) is 6.21. The molecule has 0 radical (unpaired) electrons. The zero-order valence-electron chi connectivity index (χ0n) is 20.8. The van der Waals surface area contributed by atoms with E-state index in [0.717, 1.165) is 43.4 Å².